The van der Waals surface area contributed by atoms with Crippen molar-refractivity contribution in [3.05, 3.63) is 94.9 Å². The number of carbonyl (C=O) groups excluding carboxylic acids is 2. The molecule has 0 bridgehead atoms. The lowest BCUT2D eigenvalue weighted by atomic mass is 10.1. The van der Waals surface area contributed by atoms with Crippen molar-refractivity contribution >= 4 is 35.0 Å². The van der Waals surface area contributed by atoms with Crippen LogP contribution in [0, 0.1) is 5.82 Å². The topological polar surface area (TPSA) is 110 Å². The standard InChI is InChI=1S/C29H28ClFN6O3.HI/c1-17(2)22-15-33-26(21-12-20(30)7-8-24(21)31)36-27(22)35-25-9-10-32-14-23(25)28(38)34-13-18(3)40-29(39)19-6-5-11-37(4)16-19;/h5-12,14-18H,13H2,1-4H3,(H-,32,33,34,35,36,38);1H/t18-;/m0./s1. The summed E-state index contributed by atoms with van der Waals surface area (Å²) in [5, 5.41) is 6.34. The first-order chi connectivity index (χ1) is 19.1. The first kappa shape index (κ1) is 31.8. The molecule has 2 N–H and O–H groups in total. The maximum Gasteiger partial charge on any atom is 0.344 e. The zero-order valence-corrected chi connectivity index (χ0v) is 25.8. The SMILES string of the molecule is CC(C)c1cnc(-c2cc(Cl)ccc2F)nc1Nc1ccncc1C(=O)NC[C@H](C)OC(=O)c1ccc[n+](C)c1.[I-]. The summed E-state index contributed by atoms with van der Waals surface area (Å²) in [6, 6.07) is 9.21. The van der Waals surface area contributed by atoms with Gasteiger partial charge in [0.25, 0.3) is 5.91 Å². The van der Waals surface area contributed by atoms with Crippen LogP contribution in [0.25, 0.3) is 11.4 Å². The van der Waals surface area contributed by atoms with E-state index >= 15 is 0 Å². The van der Waals surface area contributed by atoms with E-state index in [0.717, 1.165) is 5.56 Å². The molecule has 1 atom stereocenters. The molecule has 0 fully saturated rings. The van der Waals surface area contributed by atoms with Gasteiger partial charge in [0.2, 0.25) is 0 Å². The van der Waals surface area contributed by atoms with Gasteiger partial charge in [-0.3, -0.25) is 9.78 Å². The molecule has 0 radical (unpaired) electrons. The summed E-state index contributed by atoms with van der Waals surface area (Å²) in [7, 11) is 1.81. The molecule has 0 aliphatic rings. The van der Waals surface area contributed by atoms with E-state index in [0.29, 0.717) is 22.1 Å². The first-order valence-corrected chi connectivity index (χ1v) is 13.0. The average Bonchev–Trinajstić information content (AvgIpc) is 2.93. The predicted octanol–water partition coefficient (Wildman–Crippen LogP) is 2.00. The highest BCUT2D eigenvalue weighted by atomic mass is 127. The van der Waals surface area contributed by atoms with Gasteiger partial charge in [0.1, 0.15) is 30.4 Å². The quantitative estimate of drug-likeness (QED) is 0.157. The van der Waals surface area contributed by atoms with Crippen molar-refractivity contribution in [3.8, 4) is 11.4 Å². The van der Waals surface area contributed by atoms with Crippen LogP contribution in [0.1, 0.15) is 53.0 Å². The van der Waals surface area contributed by atoms with E-state index in [4.69, 9.17) is 16.3 Å². The van der Waals surface area contributed by atoms with Crippen molar-refractivity contribution < 1.29 is 47.3 Å². The lowest BCUT2D eigenvalue weighted by Gasteiger charge is -2.17. The van der Waals surface area contributed by atoms with Crippen molar-refractivity contribution in [1.29, 1.82) is 0 Å². The number of hydrogen-bond acceptors (Lipinski definition) is 7. The van der Waals surface area contributed by atoms with Crippen molar-refractivity contribution in [2.75, 3.05) is 11.9 Å². The number of anilines is 2. The minimum Gasteiger partial charge on any atom is -1.00 e. The largest absolute Gasteiger partial charge is 1.00 e. The van der Waals surface area contributed by atoms with Gasteiger partial charge in [0.05, 0.1) is 23.4 Å². The smallest absolute Gasteiger partial charge is 0.344 e. The number of hydrogen-bond donors (Lipinski definition) is 2. The normalized spacial score (nSPS) is 11.4. The van der Waals surface area contributed by atoms with Gasteiger partial charge in [0, 0.05) is 35.2 Å². The summed E-state index contributed by atoms with van der Waals surface area (Å²) in [5.74, 6) is -0.827. The third-order valence-corrected chi connectivity index (χ3v) is 6.20. The summed E-state index contributed by atoms with van der Waals surface area (Å²) in [5.41, 5.74) is 2.02. The Labute approximate surface area is 259 Å². The van der Waals surface area contributed by atoms with Crippen LogP contribution in [0.4, 0.5) is 15.9 Å². The van der Waals surface area contributed by atoms with Gasteiger partial charge >= 0.3 is 5.97 Å². The molecule has 4 aromatic rings. The molecule has 0 saturated carbocycles. The minimum absolute atomic E-state index is 0. The lowest BCUT2D eigenvalue weighted by Crippen LogP contribution is -3.00. The monoisotopic (exact) mass is 690 g/mol. The van der Waals surface area contributed by atoms with E-state index in [1.54, 1.807) is 42.1 Å². The molecule has 214 valence electrons. The van der Waals surface area contributed by atoms with E-state index in [-0.39, 0.29) is 53.4 Å². The fraction of sp³-hybridized carbons (Fsp3) is 0.241. The number of carbonyl (C=O) groups is 2. The Morgan fingerprint density at radius 3 is 2.66 bits per heavy atom. The molecule has 4 rings (SSSR count). The summed E-state index contributed by atoms with van der Waals surface area (Å²) >= 11 is 6.07. The maximum atomic E-state index is 14.5. The van der Waals surface area contributed by atoms with Gasteiger partial charge in [-0.2, -0.15) is 0 Å². The molecule has 3 heterocycles. The molecule has 3 aromatic heterocycles. The van der Waals surface area contributed by atoms with Crippen molar-refractivity contribution in [2.24, 2.45) is 7.05 Å². The molecular weight excluding hydrogens is 662 g/mol. The molecule has 1 aromatic carbocycles. The van der Waals surface area contributed by atoms with E-state index in [9.17, 15) is 14.0 Å². The predicted molar refractivity (Wildman–Crippen MR) is 149 cm³/mol. The zero-order valence-electron chi connectivity index (χ0n) is 22.9. The van der Waals surface area contributed by atoms with Gasteiger partial charge in [-0.25, -0.2) is 23.7 Å². The Morgan fingerprint density at radius 2 is 1.93 bits per heavy atom. The number of esters is 1. The number of benzene rings is 1. The van der Waals surface area contributed by atoms with Crippen LogP contribution in [0.2, 0.25) is 5.02 Å². The van der Waals surface area contributed by atoms with Crippen molar-refractivity contribution in [2.45, 2.75) is 32.8 Å². The molecule has 0 saturated heterocycles. The summed E-state index contributed by atoms with van der Waals surface area (Å²) in [4.78, 5) is 38.6. The van der Waals surface area contributed by atoms with E-state index in [1.807, 2.05) is 27.1 Å². The van der Waals surface area contributed by atoms with Gasteiger partial charge < -0.3 is 39.3 Å². The molecule has 9 nitrogen and oxygen atoms in total. The Bertz CT molecular complexity index is 1550. The molecule has 0 unspecified atom stereocenters. The van der Waals surface area contributed by atoms with Gasteiger partial charge in [-0.15, -0.1) is 0 Å². The first-order valence-electron chi connectivity index (χ1n) is 12.6. The van der Waals surface area contributed by atoms with E-state index in [2.05, 4.69) is 25.6 Å². The van der Waals surface area contributed by atoms with Crippen LogP contribution in [0.15, 0.2) is 67.4 Å². The number of halogens is 3. The van der Waals surface area contributed by atoms with E-state index in [1.165, 1.54) is 30.6 Å². The molecular formula is C29H29ClFIN6O3. The second-order valence-corrected chi connectivity index (χ2v) is 9.94. The number of ether oxygens (including phenoxy) is 1. The highest BCUT2D eigenvalue weighted by Crippen LogP contribution is 2.30. The molecule has 1 amide bonds. The number of rotatable bonds is 9. The number of nitrogens with zero attached hydrogens (tertiary/aromatic N) is 4. The Balaban J connectivity index is 0.00000462. The number of nitrogens with one attached hydrogen (secondary N) is 2. The van der Waals surface area contributed by atoms with Gasteiger partial charge in [0.15, 0.2) is 18.2 Å². The Kier molecular flexibility index (Phi) is 11.1. The lowest BCUT2D eigenvalue weighted by molar-refractivity contribution is -0.671. The van der Waals surface area contributed by atoms with Crippen LogP contribution < -0.4 is 39.2 Å². The second kappa shape index (κ2) is 14.3. The molecule has 0 spiro atoms. The van der Waals surface area contributed by atoms with E-state index < -0.39 is 23.8 Å². The zero-order chi connectivity index (χ0) is 28.8. The van der Waals surface area contributed by atoms with Gasteiger partial charge in [-0.1, -0.05) is 25.4 Å². The number of pyridine rings is 2. The minimum atomic E-state index is -0.584. The fourth-order valence-corrected chi connectivity index (χ4v) is 4.03. The van der Waals surface area contributed by atoms with Crippen molar-refractivity contribution in [1.82, 2.24) is 20.3 Å². The van der Waals surface area contributed by atoms with Crippen LogP contribution in [-0.4, -0.2) is 39.5 Å². The number of aromatic nitrogens is 4. The fourth-order valence-electron chi connectivity index (χ4n) is 3.86. The molecule has 12 heteroatoms. The molecule has 0 aliphatic heterocycles. The maximum absolute atomic E-state index is 14.5. The summed E-state index contributed by atoms with van der Waals surface area (Å²) < 4.78 is 21.7. The molecule has 41 heavy (non-hydrogen) atoms. The summed E-state index contributed by atoms with van der Waals surface area (Å²) in [6.07, 6.45) is 7.47. The average molecular weight is 691 g/mol. The Morgan fingerprint density at radius 1 is 1.15 bits per heavy atom. The van der Waals surface area contributed by atoms with Crippen LogP contribution in [-0.2, 0) is 11.8 Å². The number of aryl methyl sites for hydroxylation is 1. The third-order valence-electron chi connectivity index (χ3n) is 5.96. The third kappa shape index (κ3) is 8.17. The Hall–Kier alpha value is -3.71. The van der Waals surface area contributed by atoms with Crippen LogP contribution >= 0.6 is 11.6 Å². The highest BCUT2D eigenvalue weighted by molar-refractivity contribution is 6.30. The van der Waals surface area contributed by atoms with Crippen LogP contribution in [0.5, 0.6) is 0 Å². The number of amides is 1. The highest BCUT2D eigenvalue weighted by Gasteiger charge is 2.20. The second-order valence-electron chi connectivity index (χ2n) is 9.51. The molecule has 0 aliphatic carbocycles. The van der Waals surface area contributed by atoms with Crippen LogP contribution in [0.3, 0.4) is 0 Å². The van der Waals surface area contributed by atoms with Gasteiger partial charge in [-0.05, 0) is 43.2 Å². The summed E-state index contributed by atoms with van der Waals surface area (Å²) in [6.45, 7) is 5.72. The van der Waals surface area contributed by atoms with Crippen molar-refractivity contribution in [3.63, 3.8) is 0 Å².